The predicted octanol–water partition coefficient (Wildman–Crippen LogP) is 3.34. The summed E-state index contributed by atoms with van der Waals surface area (Å²) in [6, 6.07) is 5.84. The number of sulfonamides is 1. The number of aryl methyl sites for hydroxylation is 1. The molecule has 0 fully saturated rings. The van der Waals surface area contributed by atoms with Gasteiger partial charge >= 0.3 is 5.97 Å². The molecular formula is C18H27NO4S. The third-order valence-corrected chi connectivity index (χ3v) is 4.78. The summed E-state index contributed by atoms with van der Waals surface area (Å²) in [6.45, 7) is 12.8. The molecular weight excluding hydrogens is 326 g/mol. The zero-order chi connectivity index (χ0) is 18.5. The fraction of sp³-hybridized carbons (Fsp3) is 0.500. The molecule has 0 heterocycles. The molecule has 24 heavy (non-hydrogen) atoms. The Kier molecular flexibility index (Phi) is 6.75. The second kappa shape index (κ2) is 7.94. The highest BCUT2D eigenvalue weighted by molar-refractivity contribution is 7.89. The summed E-state index contributed by atoms with van der Waals surface area (Å²) in [7, 11) is -3.74. The number of carbonyl (C=O) groups is 1. The molecule has 1 aromatic carbocycles. The van der Waals surface area contributed by atoms with E-state index in [-0.39, 0.29) is 10.5 Å². The molecule has 0 aliphatic heterocycles. The summed E-state index contributed by atoms with van der Waals surface area (Å²) in [5.41, 5.74) is 0.423. The summed E-state index contributed by atoms with van der Waals surface area (Å²) < 4.78 is 32.9. The topological polar surface area (TPSA) is 72.5 Å². The molecule has 5 nitrogen and oxygen atoms in total. The van der Waals surface area contributed by atoms with Crippen molar-refractivity contribution >= 4 is 16.0 Å². The minimum atomic E-state index is -3.74. The van der Waals surface area contributed by atoms with Crippen molar-refractivity contribution in [1.29, 1.82) is 0 Å². The van der Waals surface area contributed by atoms with Gasteiger partial charge in [0.05, 0.1) is 10.9 Å². The lowest BCUT2D eigenvalue weighted by Crippen LogP contribution is -2.39. The highest BCUT2D eigenvalue weighted by Gasteiger charge is 2.28. The third kappa shape index (κ3) is 6.09. The fourth-order valence-electron chi connectivity index (χ4n) is 2.05. The van der Waals surface area contributed by atoms with Gasteiger partial charge in [0.15, 0.2) is 0 Å². The fourth-order valence-corrected chi connectivity index (χ4v) is 3.32. The molecule has 0 bridgehead atoms. The molecule has 134 valence electrons. The van der Waals surface area contributed by atoms with Gasteiger partial charge in [0.2, 0.25) is 10.0 Å². The predicted molar refractivity (Wildman–Crippen MR) is 95.2 cm³/mol. The number of benzene rings is 1. The Morgan fingerprint density at radius 1 is 1.25 bits per heavy atom. The molecule has 0 radical (unpaired) electrons. The number of hydrogen-bond donors (Lipinski definition) is 1. The summed E-state index contributed by atoms with van der Waals surface area (Å²) >= 11 is 0. The molecule has 6 heteroatoms. The number of hydrogen-bond acceptors (Lipinski definition) is 4. The van der Waals surface area contributed by atoms with Gasteiger partial charge in [-0.05, 0) is 46.2 Å². The van der Waals surface area contributed by atoms with Crippen molar-refractivity contribution in [2.45, 2.75) is 64.0 Å². The highest BCUT2D eigenvalue weighted by atomic mass is 32.2. The van der Waals surface area contributed by atoms with Gasteiger partial charge in [0.1, 0.15) is 5.60 Å². The molecule has 0 unspecified atom stereocenters. The van der Waals surface area contributed by atoms with E-state index < -0.39 is 27.6 Å². The van der Waals surface area contributed by atoms with E-state index in [1.807, 2.05) is 13.8 Å². The Balaban J connectivity index is 2.98. The van der Waals surface area contributed by atoms with Gasteiger partial charge in [-0.15, -0.1) is 0 Å². The number of nitrogens with one attached hydrogen (secondary N) is 1. The quantitative estimate of drug-likeness (QED) is 0.603. The average Bonchev–Trinajstić information content (AvgIpc) is 2.44. The molecule has 1 rings (SSSR count). The van der Waals surface area contributed by atoms with E-state index >= 15 is 0 Å². The van der Waals surface area contributed by atoms with E-state index in [1.54, 1.807) is 32.9 Å². The van der Waals surface area contributed by atoms with Gasteiger partial charge in [-0.1, -0.05) is 37.6 Å². The zero-order valence-electron chi connectivity index (χ0n) is 15.0. The van der Waals surface area contributed by atoms with Crippen molar-refractivity contribution in [2.24, 2.45) is 0 Å². The Morgan fingerprint density at radius 2 is 1.79 bits per heavy atom. The van der Waals surface area contributed by atoms with Crippen LogP contribution in [-0.2, 0) is 19.6 Å². The SMILES string of the molecule is C=C(C(=O)OC(C)(C)C)[C@H](CCC)NS(=O)(=O)c1ccc(C)cc1. The molecule has 0 aliphatic carbocycles. The lowest BCUT2D eigenvalue weighted by atomic mass is 10.0. The van der Waals surface area contributed by atoms with E-state index in [9.17, 15) is 13.2 Å². The second-order valence-electron chi connectivity index (χ2n) is 6.80. The van der Waals surface area contributed by atoms with Crippen LogP contribution in [0.1, 0.15) is 46.1 Å². The van der Waals surface area contributed by atoms with E-state index in [0.29, 0.717) is 12.8 Å². The summed E-state index contributed by atoms with van der Waals surface area (Å²) in [4.78, 5) is 12.3. The first-order chi connectivity index (χ1) is 11.0. The molecule has 0 saturated carbocycles. The maximum absolute atomic E-state index is 12.5. The van der Waals surface area contributed by atoms with Crippen molar-refractivity contribution < 1.29 is 17.9 Å². The van der Waals surface area contributed by atoms with Gasteiger partial charge < -0.3 is 4.74 Å². The van der Waals surface area contributed by atoms with Crippen LogP contribution in [0, 0.1) is 6.92 Å². The highest BCUT2D eigenvalue weighted by Crippen LogP contribution is 2.18. The first-order valence-corrected chi connectivity index (χ1v) is 9.45. The molecule has 0 aliphatic rings. The molecule has 1 atom stereocenters. The van der Waals surface area contributed by atoms with E-state index in [0.717, 1.165) is 5.56 Å². The maximum atomic E-state index is 12.5. The number of carbonyl (C=O) groups excluding carboxylic acids is 1. The van der Waals surface area contributed by atoms with Crippen LogP contribution in [0.15, 0.2) is 41.3 Å². The van der Waals surface area contributed by atoms with Crippen LogP contribution in [0.25, 0.3) is 0 Å². The first-order valence-electron chi connectivity index (χ1n) is 7.97. The lowest BCUT2D eigenvalue weighted by molar-refractivity contribution is -0.150. The van der Waals surface area contributed by atoms with Crippen LogP contribution in [-0.4, -0.2) is 26.0 Å². The van der Waals surface area contributed by atoms with Crippen molar-refractivity contribution in [3.8, 4) is 0 Å². The van der Waals surface area contributed by atoms with Crippen LogP contribution in [0.3, 0.4) is 0 Å². The molecule has 1 aromatic rings. The standard InChI is InChI=1S/C18H27NO4S/c1-7-8-16(14(3)17(20)23-18(4,5)6)19-24(21,22)15-11-9-13(2)10-12-15/h9-12,16,19H,3,7-8H2,1-2,4-6H3/t16-/m0/s1. The van der Waals surface area contributed by atoms with Crippen LogP contribution < -0.4 is 4.72 Å². The monoisotopic (exact) mass is 353 g/mol. The second-order valence-corrected chi connectivity index (χ2v) is 8.52. The number of rotatable bonds is 7. The van der Waals surface area contributed by atoms with E-state index in [1.165, 1.54) is 12.1 Å². The summed E-state index contributed by atoms with van der Waals surface area (Å²) in [5, 5.41) is 0. The van der Waals surface area contributed by atoms with Crippen LogP contribution in [0.4, 0.5) is 0 Å². The molecule has 0 amide bonds. The molecule has 0 spiro atoms. The maximum Gasteiger partial charge on any atom is 0.335 e. The van der Waals surface area contributed by atoms with Crippen molar-refractivity contribution in [2.75, 3.05) is 0 Å². The van der Waals surface area contributed by atoms with Gasteiger partial charge in [0.25, 0.3) is 0 Å². The summed E-state index contributed by atoms with van der Waals surface area (Å²) in [6.07, 6.45) is 1.16. The van der Waals surface area contributed by atoms with Gasteiger partial charge in [-0.3, -0.25) is 0 Å². The number of esters is 1. The first kappa shape index (κ1) is 20.4. The van der Waals surface area contributed by atoms with Crippen LogP contribution in [0.2, 0.25) is 0 Å². The molecule has 1 N–H and O–H groups in total. The lowest BCUT2D eigenvalue weighted by Gasteiger charge is -2.24. The minimum absolute atomic E-state index is 0.113. The Bertz CT molecular complexity index is 685. The van der Waals surface area contributed by atoms with Crippen molar-refractivity contribution in [1.82, 2.24) is 4.72 Å². The normalized spacial score (nSPS) is 13.4. The van der Waals surface area contributed by atoms with Gasteiger partial charge in [-0.2, -0.15) is 0 Å². The average molecular weight is 353 g/mol. The molecule has 0 aromatic heterocycles. The Morgan fingerprint density at radius 3 is 2.25 bits per heavy atom. The van der Waals surface area contributed by atoms with Crippen LogP contribution >= 0.6 is 0 Å². The Hall–Kier alpha value is -1.66. The molecule has 0 saturated heterocycles. The third-order valence-electron chi connectivity index (χ3n) is 3.29. The van der Waals surface area contributed by atoms with Gasteiger partial charge in [0, 0.05) is 5.57 Å². The number of ether oxygens (including phenoxy) is 1. The van der Waals surface area contributed by atoms with Crippen molar-refractivity contribution in [3.63, 3.8) is 0 Å². The summed E-state index contributed by atoms with van der Waals surface area (Å²) in [5.74, 6) is -0.590. The van der Waals surface area contributed by atoms with Crippen LogP contribution in [0.5, 0.6) is 0 Å². The van der Waals surface area contributed by atoms with E-state index in [2.05, 4.69) is 11.3 Å². The largest absolute Gasteiger partial charge is 0.457 e. The minimum Gasteiger partial charge on any atom is -0.457 e. The van der Waals surface area contributed by atoms with E-state index in [4.69, 9.17) is 4.74 Å². The smallest absolute Gasteiger partial charge is 0.335 e. The Labute approximate surface area is 145 Å². The van der Waals surface area contributed by atoms with Gasteiger partial charge in [-0.25, -0.2) is 17.9 Å². The van der Waals surface area contributed by atoms with Crippen molar-refractivity contribution in [3.05, 3.63) is 42.0 Å². The zero-order valence-corrected chi connectivity index (χ0v) is 15.9.